The van der Waals surface area contributed by atoms with Gasteiger partial charge in [0.1, 0.15) is 5.82 Å². The maximum atomic E-state index is 12.6. The second kappa shape index (κ2) is 8.21. The molecule has 3 rings (SSSR count). The number of H-pyrrole nitrogens is 1. The van der Waals surface area contributed by atoms with Gasteiger partial charge in [-0.15, -0.1) is 0 Å². The summed E-state index contributed by atoms with van der Waals surface area (Å²) in [6, 6.07) is 15.9. The lowest BCUT2D eigenvalue weighted by Gasteiger charge is -2.17. The maximum Gasteiger partial charge on any atom is 0.225 e. The monoisotopic (exact) mass is 353 g/mol. The summed E-state index contributed by atoms with van der Waals surface area (Å²) in [6.07, 6.45) is 3.31. The summed E-state index contributed by atoms with van der Waals surface area (Å²) < 4.78 is 0. The Morgan fingerprint density at radius 3 is 2.72 bits per heavy atom. The molecule has 2 aromatic carbocycles. The van der Waals surface area contributed by atoms with Gasteiger partial charge in [-0.3, -0.25) is 4.79 Å². The molecule has 1 heterocycles. The molecule has 1 aromatic heterocycles. The molecule has 0 aliphatic heterocycles. The molecule has 25 heavy (non-hydrogen) atoms. The number of imidazole rings is 1. The number of aromatic amines is 1. The van der Waals surface area contributed by atoms with Crippen LogP contribution in [0.4, 0.5) is 0 Å². The third kappa shape index (κ3) is 4.42. The van der Waals surface area contributed by atoms with Crippen molar-refractivity contribution in [1.29, 1.82) is 0 Å². The number of nitrogens with zero attached hydrogens (tertiary/aromatic N) is 1. The Kier molecular flexibility index (Phi) is 5.76. The van der Waals surface area contributed by atoms with E-state index < -0.39 is 0 Å². The van der Waals surface area contributed by atoms with Gasteiger partial charge in [0.2, 0.25) is 5.91 Å². The largest absolute Gasteiger partial charge is 0.346 e. The number of rotatable bonds is 7. The van der Waals surface area contributed by atoms with Crippen molar-refractivity contribution >= 4 is 28.7 Å². The fraction of sp³-hybridized carbons (Fsp3) is 0.300. The van der Waals surface area contributed by atoms with Crippen molar-refractivity contribution in [2.45, 2.75) is 25.8 Å². The first kappa shape index (κ1) is 17.5. The van der Waals surface area contributed by atoms with E-state index in [-0.39, 0.29) is 11.9 Å². The van der Waals surface area contributed by atoms with E-state index in [2.05, 4.69) is 21.5 Å². The molecule has 130 valence electrons. The summed E-state index contributed by atoms with van der Waals surface area (Å²) in [5, 5.41) is 3.16. The summed E-state index contributed by atoms with van der Waals surface area (Å²) in [5.74, 6) is 1.82. The number of thioether (sulfide) groups is 1. The Balaban J connectivity index is 1.76. The quantitative estimate of drug-likeness (QED) is 0.674. The maximum absolute atomic E-state index is 12.6. The summed E-state index contributed by atoms with van der Waals surface area (Å²) >= 11 is 1.77. The van der Waals surface area contributed by atoms with Crippen LogP contribution in [0.3, 0.4) is 0 Å². The molecule has 5 heteroatoms. The molecule has 0 unspecified atom stereocenters. The van der Waals surface area contributed by atoms with Crippen LogP contribution >= 0.6 is 11.8 Å². The van der Waals surface area contributed by atoms with E-state index in [9.17, 15) is 4.79 Å². The van der Waals surface area contributed by atoms with Crippen LogP contribution in [-0.2, 0) is 11.2 Å². The number of hydrogen-bond donors (Lipinski definition) is 2. The minimum Gasteiger partial charge on any atom is -0.346 e. The van der Waals surface area contributed by atoms with Crippen LogP contribution in [0.25, 0.3) is 11.0 Å². The number of carbonyl (C=O) groups excluding carboxylic acids is 1. The van der Waals surface area contributed by atoms with Crippen molar-refractivity contribution < 1.29 is 4.79 Å². The van der Waals surface area contributed by atoms with E-state index in [1.807, 2.05) is 55.5 Å². The highest BCUT2D eigenvalue weighted by Crippen LogP contribution is 2.20. The molecule has 0 bridgehead atoms. The Morgan fingerprint density at radius 2 is 1.96 bits per heavy atom. The van der Waals surface area contributed by atoms with E-state index in [1.165, 1.54) is 0 Å². The molecule has 0 aliphatic carbocycles. The van der Waals surface area contributed by atoms with Crippen molar-refractivity contribution in [2.75, 3.05) is 12.0 Å². The Morgan fingerprint density at radius 1 is 1.20 bits per heavy atom. The van der Waals surface area contributed by atoms with Crippen LogP contribution in [0.15, 0.2) is 48.5 Å². The van der Waals surface area contributed by atoms with E-state index in [4.69, 9.17) is 0 Å². The smallest absolute Gasteiger partial charge is 0.225 e. The lowest BCUT2D eigenvalue weighted by molar-refractivity contribution is -0.121. The molecular formula is C20H23N3OS. The molecule has 0 fully saturated rings. The molecule has 1 atom stereocenters. The molecular weight excluding hydrogens is 330 g/mol. The highest BCUT2D eigenvalue weighted by Gasteiger charge is 2.18. The zero-order valence-electron chi connectivity index (χ0n) is 14.6. The zero-order valence-corrected chi connectivity index (χ0v) is 15.4. The number of fused-ring (bicyclic) bond motifs is 1. The van der Waals surface area contributed by atoms with E-state index in [0.29, 0.717) is 6.42 Å². The molecule has 0 saturated carbocycles. The number of nitrogens with one attached hydrogen (secondary N) is 2. The molecule has 1 amide bonds. The van der Waals surface area contributed by atoms with Crippen LogP contribution in [0.5, 0.6) is 0 Å². The number of aromatic nitrogens is 2. The van der Waals surface area contributed by atoms with E-state index in [0.717, 1.165) is 40.2 Å². The zero-order chi connectivity index (χ0) is 17.6. The molecule has 3 aromatic rings. The lowest BCUT2D eigenvalue weighted by atomic mass is 10.1. The van der Waals surface area contributed by atoms with Gasteiger partial charge in [0.15, 0.2) is 0 Å². The molecule has 0 radical (unpaired) electrons. The van der Waals surface area contributed by atoms with Crippen LogP contribution < -0.4 is 5.32 Å². The highest BCUT2D eigenvalue weighted by molar-refractivity contribution is 7.98. The SMILES string of the molecule is CSCC[C@@H](NC(=O)Cc1ccccc1C)c1nc2ccccc2[nH]1. The summed E-state index contributed by atoms with van der Waals surface area (Å²) in [5.41, 5.74) is 4.13. The second-order valence-corrected chi connectivity index (χ2v) is 7.13. The van der Waals surface area contributed by atoms with Gasteiger partial charge in [-0.1, -0.05) is 36.4 Å². The molecule has 0 saturated heterocycles. The average molecular weight is 353 g/mol. The van der Waals surface area contributed by atoms with Crippen LogP contribution in [0.1, 0.15) is 29.4 Å². The predicted molar refractivity (Wildman–Crippen MR) is 105 cm³/mol. The number of benzene rings is 2. The fourth-order valence-corrected chi connectivity index (χ4v) is 3.35. The minimum absolute atomic E-state index is 0.0286. The van der Waals surface area contributed by atoms with Gasteiger partial charge in [0.05, 0.1) is 23.5 Å². The number of hydrogen-bond acceptors (Lipinski definition) is 3. The topological polar surface area (TPSA) is 57.8 Å². The van der Waals surface area contributed by atoms with Gasteiger partial charge in [-0.2, -0.15) is 11.8 Å². The first-order valence-corrected chi connectivity index (χ1v) is 9.84. The lowest BCUT2D eigenvalue weighted by Crippen LogP contribution is -2.31. The third-order valence-electron chi connectivity index (χ3n) is 4.30. The Bertz CT molecular complexity index is 826. The highest BCUT2D eigenvalue weighted by atomic mass is 32.2. The molecule has 0 aliphatic rings. The van der Waals surface area contributed by atoms with Crippen molar-refractivity contribution in [3.05, 3.63) is 65.5 Å². The normalized spacial score (nSPS) is 12.2. The first-order chi connectivity index (χ1) is 12.2. The molecule has 2 N–H and O–H groups in total. The van der Waals surface area contributed by atoms with Crippen LogP contribution in [0.2, 0.25) is 0 Å². The standard InChI is InChI=1S/C20H23N3OS/c1-14-7-3-4-8-15(14)13-19(24)21-18(11-12-25-2)20-22-16-9-5-6-10-17(16)23-20/h3-10,18H,11-13H2,1-2H3,(H,21,24)(H,22,23)/t18-/m1/s1. The number of amides is 1. The Hall–Kier alpha value is -2.27. The number of para-hydroxylation sites is 2. The minimum atomic E-state index is -0.101. The van der Waals surface area contributed by atoms with Crippen LogP contribution in [0, 0.1) is 6.92 Å². The Labute approximate surface area is 152 Å². The van der Waals surface area contributed by atoms with E-state index in [1.54, 1.807) is 11.8 Å². The van der Waals surface area contributed by atoms with Gasteiger partial charge >= 0.3 is 0 Å². The van der Waals surface area contributed by atoms with Crippen LogP contribution in [-0.4, -0.2) is 27.9 Å². The van der Waals surface area contributed by atoms with Gasteiger partial charge in [0.25, 0.3) is 0 Å². The third-order valence-corrected chi connectivity index (χ3v) is 4.94. The average Bonchev–Trinajstić information content (AvgIpc) is 3.04. The number of aryl methyl sites for hydroxylation is 1. The molecule has 4 nitrogen and oxygen atoms in total. The predicted octanol–water partition coefficient (Wildman–Crippen LogP) is 4.02. The van der Waals surface area contributed by atoms with Gasteiger partial charge in [0, 0.05) is 0 Å². The van der Waals surface area contributed by atoms with Crippen molar-refractivity contribution in [1.82, 2.24) is 15.3 Å². The van der Waals surface area contributed by atoms with Gasteiger partial charge < -0.3 is 10.3 Å². The summed E-state index contributed by atoms with van der Waals surface area (Å²) in [6.45, 7) is 2.03. The first-order valence-electron chi connectivity index (χ1n) is 8.45. The summed E-state index contributed by atoms with van der Waals surface area (Å²) in [7, 11) is 0. The number of carbonyl (C=O) groups is 1. The van der Waals surface area contributed by atoms with Crippen molar-refractivity contribution in [2.24, 2.45) is 0 Å². The second-order valence-electron chi connectivity index (χ2n) is 6.14. The molecule has 0 spiro atoms. The summed E-state index contributed by atoms with van der Waals surface area (Å²) in [4.78, 5) is 20.6. The van der Waals surface area contributed by atoms with Crippen molar-refractivity contribution in [3.63, 3.8) is 0 Å². The van der Waals surface area contributed by atoms with E-state index >= 15 is 0 Å². The van der Waals surface area contributed by atoms with Crippen molar-refractivity contribution in [3.8, 4) is 0 Å². The van der Waals surface area contributed by atoms with Gasteiger partial charge in [-0.05, 0) is 48.6 Å². The van der Waals surface area contributed by atoms with Gasteiger partial charge in [-0.25, -0.2) is 4.98 Å². The fourth-order valence-electron chi connectivity index (χ4n) is 2.88.